The maximum Gasteiger partial charge on any atom is 0.341 e. The maximum absolute atomic E-state index is 11.8. The number of hydrogen-bond acceptors (Lipinski definition) is 6. The normalized spacial score (nSPS) is 12.2. The highest BCUT2D eigenvalue weighted by Gasteiger charge is 2.14. The van der Waals surface area contributed by atoms with Crippen LogP contribution in [0.25, 0.3) is 6.08 Å². The Morgan fingerprint density at radius 2 is 1.38 bits per heavy atom. The van der Waals surface area contributed by atoms with Crippen molar-refractivity contribution in [2.75, 3.05) is 20.3 Å². The molecule has 6 heteroatoms. The molecule has 1 N–H and O–H groups in total. The molecule has 0 bridgehead atoms. The molecule has 0 aliphatic rings. The van der Waals surface area contributed by atoms with Gasteiger partial charge in [-0.25, -0.2) is 9.59 Å². The van der Waals surface area contributed by atoms with E-state index < -0.39 is 5.97 Å². The van der Waals surface area contributed by atoms with Gasteiger partial charge in [0.05, 0.1) is 20.3 Å². The van der Waals surface area contributed by atoms with E-state index in [1.165, 1.54) is 25.0 Å². The number of aromatic hydroxyl groups is 1. The molecule has 0 amide bonds. The minimum atomic E-state index is -0.442. The molecule has 2 aromatic rings. The number of hydrogen-bond donors (Lipinski definition) is 1. The first-order valence-corrected chi connectivity index (χ1v) is 14.3. The van der Waals surface area contributed by atoms with Gasteiger partial charge in [-0.15, -0.1) is 0 Å². The molecule has 6 nitrogen and oxygen atoms in total. The van der Waals surface area contributed by atoms with Gasteiger partial charge in [0.25, 0.3) is 0 Å². The molecule has 0 saturated heterocycles. The van der Waals surface area contributed by atoms with E-state index >= 15 is 0 Å². The van der Waals surface area contributed by atoms with Crippen LogP contribution in [0.2, 0.25) is 0 Å². The van der Waals surface area contributed by atoms with Crippen LogP contribution in [0, 0.1) is 11.8 Å². The second kappa shape index (κ2) is 20.7. The Balaban J connectivity index is 0.000000395. The van der Waals surface area contributed by atoms with Crippen molar-refractivity contribution < 1.29 is 28.9 Å². The van der Waals surface area contributed by atoms with E-state index in [4.69, 9.17) is 14.2 Å². The van der Waals surface area contributed by atoms with E-state index in [9.17, 15) is 14.7 Å². The highest BCUT2D eigenvalue weighted by Crippen LogP contribution is 2.19. The van der Waals surface area contributed by atoms with Gasteiger partial charge in [0, 0.05) is 6.08 Å². The number of carbonyl (C=O) groups is 2. The Kier molecular flexibility index (Phi) is 17.9. The first-order chi connectivity index (χ1) is 18.9. The average Bonchev–Trinajstić information content (AvgIpc) is 2.97. The van der Waals surface area contributed by atoms with Gasteiger partial charge < -0.3 is 19.3 Å². The van der Waals surface area contributed by atoms with Crippen molar-refractivity contribution in [2.24, 2.45) is 11.8 Å². The summed E-state index contributed by atoms with van der Waals surface area (Å²) in [6.07, 6.45) is 12.2. The van der Waals surface area contributed by atoms with Gasteiger partial charge in [0.1, 0.15) is 17.1 Å². The van der Waals surface area contributed by atoms with Gasteiger partial charge >= 0.3 is 11.9 Å². The molecule has 2 aromatic carbocycles. The molecule has 0 heterocycles. The third-order valence-electron chi connectivity index (χ3n) is 6.65. The molecule has 2 atom stereocenters. The number of unbranched alkanes of at least 4 members (excludes halogenated alkanes) is 2. The predicted molar refractivity (Wildman–Crippen MR) is 158 cm³/mol. The Bertz CT molecular complexity index is 966. The van der Waals surface area contributed by atoms with E-state index in [0.717, 1.165) is 49.8 Å². The van der Waals surface area contributed by atoms with Crippen LogP contribution in [-0.2, 0) is 14.3 Å². The van der Waals surface area contributed by atoms with E-state index in [0.29, 0.717) is 25.0 Å². The van der Waals surface area contributed by atoms with Crippen LogP contribution < -0.4 is 4.74 Å². The summed E-state index contributed by atoms with van der Waals surface area (Å²) in [6, 6.07) is 14.0. The van der Waals surface area contributed by atoms with Gasteiger partial charge in [-0.3, -0.25) is 0 Å². The molecule has 0 spiro atoms. The molecule has 39 heavy (non-hydrogen) atoms. The number of phenolic OH excluding ortho intramolecular Hbond substituents is 1. The van der Waals surface area contributed by atoms with Gasteiger partial charge in [-0.1, -0.05) is 90.5 Å². The number of benzene rings is 2. The van der Waals surface area contributed by atoms with Crippen LogP contribution in [0.4, 0.5) is 0 Å². The van der Waals surface area contributed by atoms with Crippen molar-refractivity contribution in [2.45, 2.75) is 79.1 Å². The lowest BCUT2D eigenvalue weighted by Gasteiger charge is -2.14. The van der Waals surface area contributed by atoms with Crippen molar-refractivity contribution >= 4 is 18.0 Å². The molecule has 0 fully saturated rings. The quantitative estimate of drug-likeness (QED) is 0.171. The van der Waals surface area contributed by atoms with Crippen LogP contribution in [0.15, 0.2) is 54.6 Å². The van der Waals surface area contributed by atoms with E-state index in [2.05, 4.69) is 27.7 Å². The van der Waals surface area contributed by atoms with Crippen molar-refractivity contribution in [3.63, 3.8) is 0 Å². The zero-order valence-electron chi connectivity index (χ0n) is 24.5. The number of methoxy groups -OCH3 is 1. The SMILES string of the molecule is CCCCC(CC)COC(=O)/C=C/c1ccc(OC)cc1.CCCCC(CC)COC(=O)c1ccccc1O. The summed E-state index contributed by atoms with van der Waals surface area (Å²) in [5.74, 6) is 0.951. The second-order valence-corrected chi connectivity index (χ2v) is 9.69. The molecule has 0 aliphatic carbocycles. The third-order valence-corrected chi connectivity index (χ3v) is 6.65. The molecular weight excluding hydrogens is 492 g/mol. The number of rotatable bonds is 16. The van der Waals surface area contributed by atoms with E-state index in [1.54, 1.807) is 31.4 Å². The zero-order chi connectivity index (χ0) is 28.9. The standard InChI is InChI=1S/C18H26O3.C15H22O3/c1-4-6-7-15(5-2)14-21-18(19)13-10-16-8-11-17(20-3)12-9-16;1-3-5-8-12(4-2)11-18-15(17)13-9-6-7-10-14(13)16/h8-13,15H,4-7,14H2,1-3H3;6-7,9-10,12,16H,3-5,8,11H2,1-2H3/b13-10+;. The van der Waals surface area contributed by atoms with Crippen LogP contribution in [0.3, 0.4) is 0 Å². The fourth-order valence-electron chi connectivity index (χ4n) is 3.84. The fourth-order valence-corrected chi connectivity index (χ4v) is 3.84. The van der Waals surface area contributed by atoms with Crippen LogP contribution in [0.5, 0.6) is 11.5 Å². The second-order valence-electron chi connectivity index (χ2n) is 9.69. The van der Waals surface area contributed by atoms with Gasteiger partial charge in [0.2, 0.25) is 0 Å². The van der Waals surface area contributed by atoms with Crippen molar-refractivity contribution in [3.05, 3.63) is 65.7 Å². The monoisotopic (exact) mass is 540 g/mol. The van der Waals surface area contributed by atoms with Crippen molar-refractivity contribution in [1.29, 1.82) is 0 Å². The Morgan fingerprint density at radius 3 is 1.90 bits per heavy atom. The zero-order valence-corrected chi connectivity index (χ0v) is 24.5. The van der Waals surface area contributed by atoms with Crippen LogP contribution in [0.1, 0.15) is 95.0 Å². The predicted octanol–water partition coefficient (Wildman–Crippen LogP) is 8.23. The molecule has 0 aliphatic heterocycles. The smallest absolute Gasteiger partial charge is 0.341 e. The summed E-state index contributed by atoms with van der Waals surface area (Å²) in [7, 11) is 1.63. The summed E-state index contributed by atoms with van der Waals surface area (Å²) in [5, 5.41) is 9.54. The van der Waals surface area contributed by atoms with Gasteiger partial charge in [0.15, 0.2) is 0 Å². The Labute approximate surface area is 235 Å². The highest BCUT2D eigenvalue weighted by atomic mass is 16.5. The molecular formula is C33H48O6. The molecule has 216 valence electrons. The number of para-hydroxylation sites is 1. The van der Waals surface area contributed by atoms with Crippen LogP contribution >= 0.6 is 0 Å². The summed E-state index contributed by atoms with van der Waals surface area (Å²) in [4.78, 5) is 23.5. The molecule has 0 aromatic heterocycles. The highest BCUT2D eigenvalue weighted by molar-refractivity contribution is 5.92. The van der Waals surface area contributed by atoms with Crippen molar-refractivity contribution in [3.8, 4) is 11.5 Å². The number of carbonyl (C=O) groups excluding carboxylic acids is 2. The van der Waals surface area contributed by atoms with Crippen LogP contribution in [-0.4, -0.2) is 37.4 Å². The third kappa shape index (κ3) is 14.4. The maximum atomic E-state index is 11.8. The number of phenols is 1. The Morgan fingerprint density at radius 1 is 0.821 bits per heavy atom. The summed E-state index contributed by atoms with van der Waals surface area (Å²) < 4.78 is 15.7. The number of esters is 2. The molecule has 0 saturated carbocycles. The number of ether oxygens (including phenoxy) is 3. The molecule has 2 unspecified atom stereocenters. The average molecular weight is 541 g/mol. The minimum Gasteiger partial charge on any atom is -0.507 e. The summed E-state index contributed by atoms with van der Waals surface area (Å²) >= 11 is 0. The van der Waals surface area contributed by atoms with E-state index in [1.807, 2.05) is 24.3 Å². The lowest BCUT2D eigenvalue weighted by Crippen LogP contribution is -2.14. The van der Waals surface area contributed by atoms with E-state index in [-0.39, 0.29) is 17.3 Å². The fraction of sp³-hybridized carbons (Fsp3) is 0.515. The topological polar surface area (TPSA) is 82.1 Å². The van der Waals surface area contributed by atoms with Gasteiger partial charge in [-0.2, -0.15) is 0 Å². The molecule has 0 radical (unpaired) electrons. The van der Waals surface area contributed by atoms with Crippen molar-refractivity contribution in [1.82, 2.24) is 0 Å². The lowest BCUT2D eigenvalue weighted by molar-refractivity contribution is -0.139. The lowest BCUT2D eigenvalue weighted by atomic mass is 10.0. The Hall–Kier alpha value is -3.28. The summed E-state index contributed by atoms with van der Waals surface area (Å²) in [5.41, 5.74) is 1.19. The summed E-state index contributed by atoms with van der Waals surface area (Å²) in [6.45, 7) is 9.53. The van der Waals surface area contributed by atoms with Gasteiger partial charge in [-0.05, 0) is 60.6 Å². The minimum absolute atomic E-state index is 0.0240. The first kappa shape index (κ1) is 33.7. The largest absolute Gasteiger partial charge is 0.507 e. The first-order valence-electron chi connectivity index (χ1n) is 14.3. The molecule has 2 rings (SSSR count).